The first-order valence-electron chi connectivity index (χ1n) is 12.0. The summed E-state index contributed by atoms with van der Waals surface area (Å²) in [5, 5.41) is 0. The summed E-state index contributed by atoms with van der Waals surface area (Å²) in [6.45, 7) is 9.17. The number of hydrogen-bond acceptors (Lipinski definition) is 5. The SMILES string of the molecule is COc1cccc(N2c3ccc(F)cc3C3CN(CCN4CCN(C(C)=O)CC4)CCC32)c1. The van der Waals surface area contributed by atoms with Crippen LogP contribution < -0.4 is 9.64 Å². The quantitative estimate of drug-likeness (QED) is 0.696. The van der Waals surface area contributed by atoms with Gasteiger partial charge in [0.15, 0.2) is 0 Å². The summed E-state index contributed by atoms with van der Waals surface area (Å²) < 4.78 is 19.7. The van der Waals surface area contributed by atoms with Crippen molar-refractivity contribution >= 4 is 17.3 Å². The normalized spacial score (nSPS) is 23.4. The van der Waals surface area contributed by atoms with Crippen molar-refractivity contribution in [1.82, 2.24) is 14.7 Å². The fraction of sp³-hybridized carbons (Fsp3) is 0.500. The van der Waals surface area contributed by atoms with E-state index in [1.807, 2.05) is 23.1 Å². The van der Waals surface area contributed by atoms with Crippen molar-refractivity contribution in [2.75, 3.05) is 64.4 Å². The van der Waals surface area contributed by atoms with E-state index < -0.39 is 0 Å². The van der Waals surface area contributed by atoms with Gasteiger partial charge in [0.1, 0.15) is 11.6 Å². The molecule has 0 spiro atoms. The highest BCUT2D eigenvalue weighted by Crippen LogP contribution is 2.48. The minimum absolute atomic E-state index is 0.166. The van der Waals surface area contributed by atoms with Gasteiger partial charge < -0.3 is 19.4 Å². The third-order valence-electron chi connectivity index (χ3n) is 7.52. The summed E-state index contributed by atoms with van der Waals surface area (Å²) in [6.07, 6.45) is 1.04. The van der Waals surface area contributed by atoms with Gasteiger partial charge in [-0.15, -0.1) is 0 Å². The molecule has 2 aromatic carbocycles. The van der Waals surface area contributed by atoms with Crippen molar-refractivity contribution in [1.29, 1.82) is 0 Å². The fourth-order valence-corrected chi connectivity index (χ4v) is 5.71. The second-order valence-corrected chi connectivity index (χ2v) is 9.39. The van der Waals surface area contributed by atoms with Crippen molar-refractivity contribution in [2.24, 2.45) is 0 Å². The van der Waals surface area contributed by atoms with Gasteiger partial charge >= 0.3 is 0 Å². The molecular formula is C26H33FN4O2. The van der Waals surface area contributed by atoms with E-state index in [0.717, 1.165) is 81.5 Å². The molecule has 0 radical (unpaired) electrons. The van der Waals surface area contributed by atoms with E-state index in [-0.39, 0.29) is 17.6 Å². The lowest BCUT2D eigenvalue weighted by molar-refractivity contribution is -0.130. The molecule has 7 heteroatoms. The molecule has 3 aliphatic heterocycles. The molecule has 0 N–H and O–H groups in total. The maximum absolute atomic E-state index is 14.3. The Labute approximate surface area is 195 Å². The molecule has 2 atom stereocenters. The molecule has 1 amide bonds. The Morgan fingerprint density at radius 2 is 1.82 bits per heavy atom. The van der Waals surface area contributed by atoms with Gasteiger partial charge in [-0.2, -0.15) is 0 Å². The van der Waals surface area contributed by atoms with Gasteiger partial charge in [-0.3, -0.25) is 9.69 Å². The number of piperidine rings is 1. The minimum atomic E-state index is -0.166. The first kappa shape index (κ1) is 22.2. The maximum Gasteiger partial charge on any atom is 0.219 e. The minimum Gasteiger partial charge on any atom is -0.497 e. The lowest BCUT2D eigenvalue weighted by Gasteiger charge is -2.40. The Balaban J connectivity index is 1.29. The zero-order chi connectivity index (χ0) is 22.9. The summed E-state index contributed by atoms with van der Waals surface area (Å²) in [7, 11) is 1.69. The third kappa shape index (κ3) is 4.44. The standard InChI is InChI=1S/C26H33FN4O2/c1-19(32)30-14-12-28(13-15-30)10-11-29-9-8-26-24(18-29)23-16-20(27)6-7-25(23)31(26)21-4-3-5-22(17-21)33-2/h3-7,16-17,24,26H,8-15,18H2,1-2H3. The van der Waals surface area contributed by atoms with Crippen LogP contribution in [0.3, 0.4) is 0 Å². The number of carbonyl (C=O) groups excluding carboxylic acids is 1. The van der Waals surface area contributed by atoms with Gasteiger partial charge in [-0.1, -0.05) is 6.07 Å². The summed E-state index contributed by atoms with van der Waals surface area (Å²) in [6, 6.07) is 13.7. The molecule has 0 saturated carbocycles. The number of halogens is 1. The molecule has 0 bridgehead atoms. The molecule has 33 heavy (non-hydrogen) atoms. The van der Waals surface area contributed by atoms with Crippen LogP contribution in [0.1, 0.15) is 24.8 Å². The van der Waals surface area contributed by atoms with Crippen LogP contribution in [0.25, 0.3) is 0 Å². The maximum atomic E-state index is 14.3. The Morgan fingerprint density at radius 1 is 1.03 bits per heavy atom. The van der Waals surface area contributed by atoms with Crippen LogP contribution in [-0.4, -0.2) is 86.1 Å². The Hall–Kier alpha value is -2.64. The topological polar surface area (TPSA) is 39.3 Å². The van der Waals surface area contributed by atoms with Gasteiger partial charge in [-0.05, 0) is 42.3 Å². The molecule has 0 aliphatic carbocycles. The molecule has 5 rings (SSSR count). The summed E-state index contributed by atoms with van der Waals surface area (Å²) in [5.74, 6) is 1.12. The molecule has 176 valence electrons. The zero-order valence-electron chi connectivity index (χ0n) is 19.5. The number of amides is 1. The lowest BCUT2D eigenvalue weighted by Crippen LogP contribution is -2.51. The van der Waals surface area contributed by atoms with Gasteiger partial charge in [0.25, 0.3) is 0 Å². The van der Waals surface area contributed by atoms with Gasteiger partial charge in [0.2, 0.25) is 5.91 Å². The molecule has 2 aromatic rings. The molecule has 3 aliphatic rings. The smallest absolute Gasteiger partial charge is 0.219 e. The third-order valence-corrected chi connectivity index (χ3v) is 7.52. The second-order valence-electron chi connectivity index (χ2n) is 9.39. The molecule has 3 heterocycles. The van der Waals surface area contributed by atoms with Crippen LogP contribution in [0.4, 0.5) is 15.8 Å². The lowest BCUT2D eigenvalue weighted by atomic mass is 9.89. The highest BCUT2D eigenvalue weighted by molar-refractivity contribution is 5.74. The van der Waals surface area contributed by atoms with Crippen LogP contribution in [-0.2, 0) is 4.79 Å². The average Bonchev–Trinajstić information content (AvgIpc) is 3.16. The van der Waals surface area contributed by atoms with Gasteiger partial charge in [-0.25, -0.2) is 4.39 Å². The fourth-order valence-electron chi connectivity index (χ4n) is 5.71. The van der Waals surface area contributed by atoms with Crippen LogP contribution in [0.15, 0.2) is 42.5 Å². The monoisotopic (exact) mass is 452 g/mol. The van der Waals surface area contributed by atoms with E-state index in [9.17, 15) is 9.18 Å². The number of nitrogens with zero attached hydrogens (tertiary/aromatic N) is 4. The van der Waals surface area contributed by atoms with Gasteiger partial charge in [0.05, 0.1) is 7.11 Å². The average molecular weight is 453 g/mol. The van der Waals surface area contributed by atoms with E-state index >= 15 is 0 Å². The Kier molecular flexibility index (Phi) is 6.25. The van der Waals surface area contributed by atoms with Crippen LogP contribution in [0, 0.1) is 5.82 Å². The number of hydrogen-bond donors (Lipinski definition) is 0. The molecule has 2 unspecified atom stereocenters. The summed E-state index contributed by atoms with van der Waals surface area (Å²) in [5.41, 5.74) is 3.33. The largest absolute Gasteiger partial charge is 0.497 e. The van der Waals surface area contributed by atoms with Crippen molar-refractivity contribution in [3.8, 4) is 5.75 Å². The predicted octanol–water partition coefficient (Wildman–Crippen LogP) is 3.31. The number of rotatable bonds is 5. The molecule has 2 saturated heterocycles. The first-order valence-corrected chi connectivity index (χ1v) is 12.0. The number of fused-ring (bicyclic) bond motifs is 3. The number of benzene rings is 2. The number of methoxy groups -OCH3 is 1. The van der Waals surface area contributed by atoms with E-state index in [1.165, 1.54) is 0 Å². The van der Waals surface area contributed by atoms with E-state index in [2.05, 4.69) is 26.8 Å². The number of ether oxygens (including phenoxy) is 1. The zero-order valence-corrected chi connectivity index (χ0v) is 19.5. The Morgan fingerprint density at radius 3 is 2.58 bits per heavy atom. The molecular weight excluding hydrogens is 419 g/mol. The predicted molar refractivity (Wildman–Crippen MR) is 128 cm³/mol. The van der Waals surface area contributed by atoms with Crippen LogP contribution in [0.5, 0.6) is 5.75 Å². The summed E-state index contributed by atoms with van der Waals surface area (Å²) >= 11 is 0. The number of piperazine rings is 1. The number of likely N-dealkylation sites (tertiary alicyclic amines) is 1. The highest BCUT2D eigenvalue weighted by atomic mass is 19.1. The number of anilines is 2. The van der Waals surface area contributed by atoms with Crippen molar-refractivity contribution in [2.45, 2.75) is 25.3 Å². The van der Waals surface area contributed by atoms with Crippen molar-refractivity contribution < 1.29 is 13.9 Å². The second kappa shape index (κ2) is 9.31. The van der Waals surface area contributed by atoms with Crippen molar-refractivity contribution in [3.63, 3.8) is 0 Å². The van der Waals surface area contributed by atoms with Crippen LogP contribution in [0.2, 0.25) is 0 Å². The summed E-state index contributed by atoms with van der Waals surface area (Å²) in [4.78, 5) is 20.9. The van der Waals surface area contributed by atoms with Crippen LogP contribution >= 0.6 is 0 Å². The van der Waals surface area contributed by atoms with E-state index in [4.69, 9.17) is 4.74 Å². The van der Waals surface area contributed by atoms with Crippen molar-refractivity contribution in [3.05, 3.63) is 53.8 Å². The molecule has 2 fully saturated rings. The molecule has 0 aromatic heterocycles. The van der Waals surface area contributed by atoms with Gasteiger partial charge in [0, 0.05) is 88.7 Å². The first-order chi connectivity index (χ1) is 16.0. The molecule has 6 nitrogen and oxygen atoms in total. The number of carbonyl (C=O) groups is 1. The van der Waals surface area contributed by atoms with E-state index in [1.54, 1.807) is 26.2 Å². The van der Waals surface area contributed by atoms with E-state index in [0.29, 0.717) is 6.04 Å². The highest BCUT2D eigenvalue weighted by Gasteiger charge is 2.42. The Bertz CT molecular complexity index is 1010.